The first-order valence-corrected chi connectivity index (χ1v) is 5.51. The fourth-order valence-electron chi connectivity index (χ4n) is 1.44. The summed E-state index contributed by atoms with van der Waals surface area (Å²) >= 11 is 0. The van der Waals surface area contributed by atoms with Gasteiger partial charge in [-0.2, -0.15) is 0 Å². The van der Waals surface area contributed by atoms with Gasteiger partial charge in [-0.1, -0.05) is 13.8 Å². The van der Waals surface area contributed by atoms with Crippen molar-refractivity contribution < 1.29 is 19.8 Å². The Morgan fingerprint density at radius 2 is 1.94 bits per heavy atom. The second-order valence-electron chi connectivity index (χ2n) is 4.39. The van der Waals surface area contributed by atoms with E-state index in [0.717, 1.165) is 6.42 Å². The second-order valence-corrected chi connectivity index (χ2v) is 4.39. The summed E-state index contributed by atoms with van der Waals surface area (Å²) in [5.41, 5.74) is 0.0984. The summed E-state index contributed by atoms with van der Waals surface area (Å²) in [4.78, 5) is 22.6. The Bertz CT molecular complexity index is 435. The molecule has 0 fully saturated rings. The molecule has 92 valence electrons. The van der Waals surface area contributed by atoms with E-state index in [4.69, 9.17) is 5.11 Å². The first kappa shape index (κ1) is 13.2. The third-order valence-corrected chi connectivity index (χ3v) is 2.50. The van der Waals surface area contributed by atoms with Gasteiger partial charge in [-0.05, 0) is 30.5 Å². The smallest absolute Gasteiger partial charge is 0.339 e. The third kappa shape index (κ3) is 3.59. The van der Waals surface area contributed by atoms with Crippen LogP contribution in [0.25, 0.3) is 0 Å². The van der Waals surface area contributed by atoms with Crippen LogP contribution in [0, 0.1) is 5.92 Å². The first-order valence-electron chi connectivity index (χ1n) is 5.51. The summed E-state index contributed by atoms with van der Waals surface area (Å²) < 4.78 is 0. The lowest BCUT2D eigenvalue weighted by molar-refractivity contribution is 0.0693. The van der Waals surface area contributed by atoms with Crippen molar-refractivity contribution in [1.29, 1.82) is 0 Å². The van der Waals surface area contributed by atoms with Crippen molar-refractivity contribution in [2.45, 2.75) is 26.7 Å². The number of carboxylic acids is 1. The molecular formula is C13H16O4. The number of ketones is 1. The number of hydrogen-bond donors (Lipinski definition) is 2. The van der Waals surface area contributed by atoms with Gasteiger partial charge >= 0.3 is 5.97 Å². The number of carboxylic acid groups (broad SMARTS) is 1. The van der Waals surface area contributed by atoms with Crippen LogP contribution in [0.2, 0.25) is 0 Å². The predicted molar refractivity (Wildman–Crippen MR) is 63.5 cm³/mol. The van der Waals surface area contributed by atoms with Crippen LogP contribution in [0.15, 0.2) is 18.2 Å². The van der Waals surface area contributed by atoms with Crippen LogP contribution < -0.4 is 0 Å². The van der Waals surface area contributed by atoms with E-state index in [-0.39, 0.29) is 17.1 Å². The monoisotopic (exact) mass is 236 g/mol. The molecule has 1 aromatic carbocycles. The van der Waals surface area contributed by atoms with Crippen molar-refractivity contribution in [3.63, 3.8) is 0 Å². The van der Waals surface area contributed by atoms with Gasteiger partial charge in [0.1, 0.15) is 11.3 Å². The number of carbonyl (C=O) groups is 2. The molecule has 0 atom stereocenters. The number of rotatable bonds is 5. The highest BCUT2D eigenvalue weighted by Crippen LogP contribution is 2.20. The van der Waals surface area contributed by atoms with Gasteiger partial charge in [-0.25, -0.2) is 4.79 Å². The molecule has 17 heavy (non-hydrogen) atoms. The molecule has 0 aliphatic heterocycles. The Morgan fingerprint density at radius 3 is 2.47 bits per heavy atom. The van der Waals surface area contributed by atoms with E-state index in [1.165, 1.54) is 18.2 Å². The van der Waals surface area contributed by atoms with Crippen LogP contribution in [0.4, 0.5) is 0 Å². The Hall–Kier alpha value is -1.84. The number of phenols is 1. The maximum Gasteiger partial charge on any atom is 0.339 e. The Kier molecular flexibility index (Phi) is 4.26. The molecule has 0 saturated carbocycles. The highest BCUT2D eigenvalue weighted by Gasteiger charge is 2.14. The largest absolute Gasteiger partial charge is 0.507 e. The van der Waals surface area contributed by atoms with Crippen molar-refractivity contribution in [2.24, 2.45) is 5.92 Å². The highest BCUT2D eigenvalue weighted by molar-refractivity contribution is 5.99. The van der Waals surface area contributed by atoms with Gasteiger partial charge in [0.25, 0.3) is 0 Å². The van der Waals surface area contributed by atoms with Gasteiger partial charge in [0.15, 0.2) is 5.78 Å². The molecule has 1 rings (SSSR count). The highest BCUT2D eigenvalue weighted by atomic mass is 16.4. The molecule has 0 saturated heterocycles. The number of aromatic carboxylic acids is 1. The molecule has 4 heteroatoms. The van der Waals surface area contributed by atoms with Crippen LogP contribution in [0.5, 0.6) is 5.75 Å². The molecule has 2 N–H and O–H groups in total. The number of Topliss-reactive ketones (excluding diaryl/α,β-unsaturated/α-hetero) is 1. The molecule has 0 spiro atoms. The van der Waals surface area contributed by atoms with Crippen molar-refractivity contribution in [2.75, 3.05) is 0 Å². The van der Waals surface area contributed by atoms with Gasteiger partial charge in [-0.15, -0.1) is 0 Å². The van der Waals surface area contributed by atoms with Crippen molar-refractivity contribution >= 4 is 11.8 Å². The lowest BCUT2D eigenvalue weighted by Gasteiger charge is -2.05. The van der Waals surface area contributed by atoms with Gasteiger partial charge < -0.3 is 10.2 Å². The summed E-state index contributed by atoms with van der Waals surface area (Å²) in [6.07, 6.45) is 1.16. The minimum absolute atomic E-state index is 0.0961. The first-order chi connectivity index (χ1) is 7.91. The molecule has 4 nitrogen and oxygen atoms in total. The van der Waals surface area contributed by atoms with Gasteiger partial charge in [0, 0.05) is 12.0 Å². The fraction of sp³-hybridized carbons (Fsp3) is 0.385. The van der Waals surface area contributed by atoms with E-state index < -0.39 is 5.97 Å². The zero-order valence-corrected chi connectivity index (χ0v) is 9.93. The Labute approximate surface area is 99.9 Å². The number of benzene rings is 1. The van der Waals surface area contributed by atoms with E-state index in [2.05, 4.69) is 0 Å². The van der Waals surface area contributed by atoms with E-state index in [9.17, 15) is 14.7 Å². The van der Waals surface area contributed by atoms with Gasteiger partial charge in [0.05, 0.1) is 0 Å². The Balaban J connectivity index is 2.88. The fourth-order valence-corrected chi connectivity index (χ4v) is 1.44. The average Bonchev–Trinajstić information content (AvgIpc) is 2.26. The van der Waals surface area contributed by atoms with E-state index >= 15 is 0 Å². The van der Waals surface area contributed by atoms with E-state index in [1.807, 2.05) is 13.8 Å². The maximum absolute atomic E-state index is 11.8. The zero-order valence-electron chi connectivity index (χ0n) is 9.93. The summed E-state index contributed by atoms with van der Waals surface area (Å²) in [5.74, 6) is -1.23. The standard InChI is InChI=1S/C13H16O4/c1-8(2)3-5-11(14)9-4-6-12(15)10(7-9)13(16)17/h4,6-8,15H,3,5H2,1-2H3,(H,16,17). The lowest BCUT2D eigenvalue weighted by atomic mass is 9.99. The van der Waals surface area contributed by atoms with Crippen LogP contribution >= 0.6 is 0 Å². The molecule has 0 aromatic heterocycles. The topological polar surface area (TPSA) is 74.6 Å². The zero-order chi connectivity index (χ0) is 13.0. The molecular weight excluding hydrogens is 220 g/mol. The lowest BCUT2D eigenvalue weighted by Crippen LogP contribution is -2.04. The molecule has 0 radical (unpaired) electrons. The molecule has 0 aliphatic carbocycles. The molecule has 0 bridgehead atoms. The van der Waals surface area contributed by atoms with Crippen LogP contribution in [-0.2, 0) is 0 Å². The van der Waals surface area contributed by atoms with Crippen molar-refractivity contribution in [3.05, 3.63) is 29.3 Å². The average molecular weight is 236 g/mol. The second kappa shape index (κ2) is 5.48. The quantitative estimate of drug-likeness (QED) is 0.771. The summed E-state index contributed by atoms with van der Waals surface area (Å²) in [7, 11) is 0. The normalized spacial score (nSPS) is 10.5. The van der Waals surface area contributed by atoms with Crippen LogP contribution in [0.3, 0.4) is 0 Å². The molecule has 0 heterocycles. The van der Waals surface area contributed by atoms with Crippen molar-refractivity contribution in [1.82, 2.24) is 0 Å². The molecule has 0 aliphatic rings. The van der Waals surface area contributed by atoms with Crippen LogP contribution in [-0.4, -0.2) is 22.0 Å². The summed E-state index contributed by atoms with van der Waals surface area (Å²) in [6, 6.07) is 3.91. The minimum atomic E-state index is -1.24. The maximum atomic E-state index is 11.8. The molecule has 1 aromatic rings. The van der Waals surface area contributed by atoms with Gasteiger partial charge in [-0.3, -0.25) is 4.79 Å². The Morgan fingerprint density at radius 1 is 1.29 bits per heavy atom. The van der Waals surface area contributed by atoms with Crippen molar-refractivity contribution in [3.8, 4) is 5.75 Å². The number of aromatic hydroxyl groups is 1. The number of carbonyl (C=O) groups excluding carboxylic acids is 1. The SMILES string of the molecule is CC(C)CCC(=O)c1ccc(O)c(C(=O)O)c1. The minimum Gasteiger partial charge on any atom is -0.507 e. The van der Waals surface area contributed by atoms with E-state index in [1.54, 1.807) is 0 Å². The van der Waals surface area contributed by atoms with E-state index in [0.29, 0.717) is 17.9 Å². The predicted octanol–water partition coefficient (Wildman–Crippen LogP) is 2.71. The molecule has 0 amide bonds. The van der Waals surface area contributed by atoms with Gasteiger partial charge in [0.2, 0.25) is 0 Å². The summed E-state index contributed by atoms with van der Waals surface area (Å²) in [5, 5.41) is 18.1. The third-order valence-electron chi connectivity index (χ3n) is 2.50. The van der Waals surface area contributed by atoms with Crippen LogP contribution in [0.1, 0.15) is 47.4 Å². The molecule has 0 unspecified atom stereocenters. The summed E-state index contributed by atoms with van der Waals surface area (Å²) in [6.45, 7) is 4.04. The number of hydrogen-bond acceptors (Lipinski definition) is 3.